The van der Waals surface area contributed by atoms with Crippen molar-refractivity contribution in [3.63, 3.8) is 0 Å². The monoisotopic (exact) mass is 397 g/mol. The SMILES string of the molecule is Cc1nc2ccccc2n1CCNC(=O)C1(c2cccc(Cl)c2)CCOCC1. The maximum absolute atomic E-state index is 13.3. The summed E-state index contributed by atoms with van der Waals surface area (Å²) < 4.78 is 7.67. The van der Waals surface area contributed by atoms with Crippen molar-refractivity contribution in [3.8, 4) is 0 Å². The summed E-state index contributed by atoms with van der Waals surface area (Å²) in [6.07, 6.45) is 1.32. The van der Waals surface area contributed by atoms with E-state index in [0.717, 1.165) is 22.4 Å². The second kappa shape index (κ2) is 7.94. The lowest BCUT2D eigenvalue weighted by atomic mass is 9.73. The first-order valence-corrected chi connectivity index (χ1v) is 10.0. The number of imidazole rings is 1. The zero-order valence-electron chi connectivity index (χ0n) is 16.0. The highest BCUT2D eigenvalue weighted by Gasteiger charge is 2.41. The average molecular weight is 398 g/mol. The van der Waals surface area contributed by atoms with Crippen LogP contribution in [0, 0.1) is 6.92 Å². The molecular formula is C22H24ClN3O2. The number of amides is 1. The Morgan fingerprint density at radius 3 is 2.79 bits per heavy atom. The number of para-hydroxylation sites is 2. The number of nitrogens with zero attached hydrogens (tertiary/aromatic N) is 2. The molecule has 0 saturated carbocycles. The third kappa shape index (κ3) is 3.52. The molecule has 4 rings (SSSR count). The van der Waals surface area contributed by atoms with E-state index in [9.17, 15) is 4.79 Å². The van der Waals surface area contributed by atoms with Gasteiger partial charge in [-0.3, -0.25) is 4.79 Å². The van der Waals surface area contributed by atoms with Crippen LogP contribution in [-0.4, -0.2) is 35.2 Å². The Kier molecular flexibility index (Phi) is 5.38. The van der Waals surface area contributed by atoms with Gasteiger partial charge in [0.25, 0.3) is 0 Å². The number of hydrogen-bond donors (Lipinski definition) is 1. The van der Waals surface area contributed by atoms with Crippen LogP contribution in [0.5, 0.6) is 0 Å². The minimum absolute atomic E-state index is 0.0418. The van der Waals surface area contributed by atoms with Gasteiger partial charge in [-0.2, -0.15) is 0 Å². The number of hydrogen-bond acceptors (Lipinski definition) is 3. The summed E-state index contributed by atoms with van der Waals surface area (Å²) >= 11 is 6.20. The van der Waals surface area contributed by atoms with E-state index >= 15 is 0 Å². The Bertz CT molecular complexity index is 992. The molecule has 0 radical (unpaired) electrons. The highest BCUT2D eigenvalue weighted by Crippen LogP contribution is 2.36. The molecule has 1 aliphatic rings. The number of carbonyl (C=O) groups excluding carboxylic acids is 1. The van der Waals surface area contributed by atoms with Crippen LogP contribution in [0.15, 0.2) is 48.5 Å². The number of rotatable bonds is 5. The Hall–Kier alpha value is -2.37. The van der Waals surface area contributed by atoms with Gasteiger partial charge in [-0.1, -0.05) is 35.9 Å². The molecule has 0 unspecified atom stereocenters. The Morgan fingerprint density at radius 2 is 2.00 bits per heavy atom. The number of ether oxygens (including phenoxy) is 1. The highest BCUT2D eigenvalue weighted by atomic mass is 35.5. The summed E-state index contributed by atoms with van der Waals surface area (Å²) in [6.45, 7) is 4.37. The lowest BCUT2D eigenvalue weighted by molar-refractivity contribution is -0.130. The van der Waals surface area contributed by atoms with Gasteiger partial charge in [-0.25, -0.2) is 4.98 Å². The third-order valence-electron chi connectivity index (χ3n) is 5.62. The van der Waals surface area contributed by atoms with Gasteiger partial charge < -0.3 is 14.6 Å². The number of carbonyl (C=O) groups is 1. The van der Waals surface area contributed by atoms with E-state index in [0.29, 0.717) is 44.2 Å². The summed E-state index contributed by atoms with van der Waals surface area (Å²) in [5, 5.41) is 3.80. The molecule has 1 saturated heterocycles. The average Bonchev–Trinajstić information content (AvgIpc) is 3.04. The topological polar surface area (TPSA) is 56.2 Å². The molecule has 1 aliphatic heterocycles. The standard InChI is InChI=1S/C22H24ClN3O2/c1-16-25-19-7-2-3-8-20(19)26(16)12-11-24-21(27)22(9-13-28-14-10-22)17-5-4-6-18(23)15-17/h2-8,15H,9-14H2,1H3,(H,24,27). The molecule has 0 spiro atoms. The van der Waals surface area contributed by atoms with E-state index in [1.165, 1.54) is 0 Å². The fourth-order valence-electron chi connectivity index (χ4n) is 4.08. The largest absolute Gasteiger partial charge is 0.381 e. The summed E-state index contributed by atoms with van der Waals surface area (Å²) in [4.78, 5) is 17.9. The number of fused-ring (bicyclic) bond motifs is 1. The van der Waals surface area contributed by atoms with Crippen LogP contribution in [0.1, 0.15) is 24.2 Å². The molecule has 1 fully saturated rings. The maximum atomic E-state index is 13.3. The molecule has 6 heteroatoms. The predicted molar refractivity (Wildman–Crippen MR) is 111 cm³/mol. The van der Waals surface area contributed by atoms with Crippen molar-refractivity contribution in [1.82, 2.24) is 14.9 Å². The summed E-state index contributed by atoms with van der Waals surface area (Å²) in [5.41, 5.74) is 2.44. The second-order valence-electron chi connectivity index (χ2n) is 7.26. The normalized spacial score (nSPS) is 16.2. The third-order valence-corrected chi connectivity index (χ3v) is 5.86. The predicted octanol–water partition coefficient (Wildman–Crippen LogP) is 3.86. The van der Waals surface area contributed by atoms with Crippen molar-refractivity contribution in [2.45, 2.75) is 31.7 Å². The molecule has 2 heterocycles. The maximum Gasteiger partial charge on any atom is 0.230 e. The van der Waals surface area contributed by atoms with E-state index < -0.39 is 5.41 Å². The first-order chi connectivity index (χ1) is 13.6. The molecule has 3 aromatic rings. The van der Waals surface area contributed by atoms with Gasteiger partial charge in [-0.15, -0.1) is 0 Å². The lowest BCUT2D eigenvalue weighted by Gasteiger charge is -2.36. The number of aryl methyl sites for hydroxylation is 1. The number of halogens is 1. The van der Waals surface area contributed by atoms with E-state index in [1.807, 2.05) is 49.4 Å². The Labute approximate surface area is 169 Å². The van der Waals surface area contributed by atoms with Crippen molar-refractivity contribution >= 4 is 28.5 Å². The van der Waals surface area contributed by atoms with Crippen LogP contribution < -0.4 is 5.32 Å². The number of benzene rings is 2. The van der Waals surface area contributed by atoms with Gasteiger partial charge in [0, 0.05) is 31.3 Å². The van der Waals surface area contributed by atoms with Crippen molar-refractivity contribution in [3.05, 3.63) is 64.9 Å². The molecule has 5 nitrogen and oxygen atoms in total. The van der Waals surface area contributed by atoms with Crippen LogP contribution in [0.25, 0.3) is 11.0 Å². The van der Waals surface area contributed by atoms with Crippen molar-refractivity contribution in [2.24, 2.45) is 0 Å². The fourth-order valence-corrected chi connectivity index (χ4v) is 4.27. The summed E-state index contributed by atoms with van der Waals surface area (Å²) in [6, 6.07) is 15.7. The van der Waals surface area contributed by atoms with E-state index in [1.54, 1.807) is 0 Å². The quantitative estimate of drug-likeness (QED) is 0.711. The summed E-state index contributed by atoms with van der Waals surface area (Å²) in [7, 11) is 0. The molecular weight excluding hydrogens is 374 g/mol. The molecule has 1 N–H and O–H groups in total. The van der Waals surface area contributed by atoms with E-state index in [-0.39, 0.29) is 5.91 Å². The first kappa shape index (κ1) is 19.0. The van der Waals surface area contributed by atoms with Crippen molar-refractivity contribution in [1.29, 1.82) is 0 Å². The summed E-state index contributed by atoms with van der Waals surface area (Å²) in [5.74, 6) is 0.992. The zero-order chi connectivity index (χ0) is 19.6. The Morgan fingerprint density at radius 1 is 1.21 bits per heavy atom. The zero-order valence-corrected chi connectivity index (χ0v) is 16.7. The van der Waals surface area contributed by atoms with Crippen LogP contribution in [0.3, 0.4) is 0 Å². The molecule has 28 heavy (non-hydrogen) atoms. The Balaban J connectivity index is 1.51. The smallest absolute Gasteiger partial charge is 0.230 e. The molecule has 0 bridgehead atoms. The first-order valence-electron chi connectivity index (χ1n) is 9.64. The molecule has 1 amide bonds. The van der Waals surface area contributed by atoms with Gasteiger partial charge >= 0.3 is 0 Å². The minimum Gasteiger partial charge on any atom is -0.381 e. The molecule has 0 aliphatic carbocycles. The van der Waals surface area contributed by atoms with Crippen LogP contribution in [0.4, 0.5) is 0 Å². The van der Waals surface area contributed by atoms with Crippen molar-refractivity contribution < 1.29 is 9.53 Å². The second-order valence-corrected chi connectivity index (χ2v) is 7.70. The highest BCUT2D eigenvalue weighted by molar-refractivity contribution is 6.30. The molecule has 2 aromatic carbocycles. The van der Waals surface area contributed by atoms with E-state index in [2.05, 4.69) is 20.9 Å². The lowest BCUT2D eigenvalue weighted by Crippen LogP contribution is -2.48. The van der Waals surface area contributed by atoms with E-state index in [4.69, 9.17) is 16.3 Å². The number of nitrogens with one attached hydrogen (secondary N) is 1. The molecule has 146 valence electrons. The molecule has 1 aromatic heterocycles. The van der Waals surface area contributed by atoms with Gasteiger partial charge in [0.2, 0.25) is 5.91 Å². The van der Waals surface area contributed by atoms with Gasteiger partial charge in [0.15, 0.2) is 0 Å². The minimum atomic E-state index is -0.588. The number of aromatic nitrogens is 2. The fraction of sp³-hybridized carbons (Fsp3) is 0.364. The molecule has 0 atom stereocenters. The van der Waals surface area contributed by atoms with Gasteiger partial charge in [-0.05, 0) is 49.6 Å². The van der Waals surface area contributed by atoms with Gasteiger partial charge in [0.1, 0.15) is 5.82 Å². The van der Waals surface area contributed by atoms with Crippen LogP contribution >= 0.6 is 11.6 Å². The van der Waals surface area contributed by atoms with Crippen LogP contribution in [-0.2, 0) is 21.5 Å². The van der Waals surface area contributed by atoms with Crippen LogP contribution in [0.2, 0.25) is 5.02 Å². The van der Waals surface area contributed by atoms with Crippen molar-refractivity contribution in [2.75, 3.05) is 19.8 Å². The van der Waals surface area contributed by atoms with Gasteiger partial charge in [0.05, 0.1) is 16.4 Å².